The summed E-state index contributed by atoms with van der Waals surface area (Å²) in [6, 6.07) is 0. The van der Waals surface area contributed by atoms with Gasteiger partial charge in [0.15, 0.2) is 0 Å². The number of nitrogens with two attached hydrogens (primary N) is 1. The van der Waals surface area contributed by atoms with Crippen LogP contribution in [0.5, 0.6) is 0 Å². The van der Waals surface area contributed by atoms with Gasteiger partial charge in [0.2, 0.25) is 0 Å². The zero-order valence-electron chi connectivity index (χ0n) is 10.9. The molecule has 0 aliphatic carbocycles. The fourth-order valence-electron chi connectivity index (χ4n) is 2.40. The Bertz CT molecular complexity index is 428. The van der Waals surface area contributed by atoms with Crippen LogP contribution in [0.2, 0.25) is 0 Å². The van der Waals surface area contributed by atoms with E-state index in [9.17, 15) is 4.79 Å². The fraction of sp³-hybridized carbons (Fsp3) is 0.667. The molecular weight excluding hydrogens is 232 g/mol. The van der Waals surface area contributed by atoms with Gasteiger partial charge >= 0.3 is 0 Å². The molecule has 6 nitrogen and oxygen atoms in total. The van der Waals surface area contributed by atoms with Gasteiger partial charge in [-0.05, 0) is 18.8 Å². The predicted molar refractivity (Wildman–Crippen MR) is 68.1 cm³/mol. The van der Waals surface area contributed by atoms with Crippen LogP contribution in [-0.4, -0.2) is 47.4 Å². The lowest BCUT2D eigenvalue weighted by Gasteiger charge is -2.32. The van der Waals surface area contributed by atoms with Gasteiger partial charge in [-0.2, -0.15) is 5.10 Å². The first-order valence-electron chi connectivity index (χ1n) is 6.19. The molecule has 0 radical (unpaired) electrons. The van der Waals surface area contributed by atoms with E-state index in [0.717, 1.165) is 25.9 Å². The number of hydrogen-bond acceptors (Lipinski definition) is 4. The number of hydrogen-bond donors (Lipinski definition) is 1. The van der Waals surface area contributed by atoms with E-state index in [1.165, 1.54) is 10.9 Å². The Morgan fingerprint density at radius 1 is 1.67 bits per heavy atom. The summed E-state index contributed by atoms with van der Waals surface area (Å²) in [5.74, 6) is 0.820. The Hall–Kier alpha value is -1.56. The number of aryl methyl sites for hydroxylation is 1. The van der Waals surface area contributed by atoms with E-state index in [4.69, 9.17) is 10.5 Å². The normalized spacial score (nSPS) is 20.1. The summed E-state index contributed by atoms with van der Waals surface area (Å²) in [5.41, 5.74) is 6.33. The number of likely N-dealkylation sites (tertiary alicyclic amines) is 1. The van der Waals surface area contributed by atoms with E-state index in [-0.39, 0.29) is 5.91 Å². The minimum absolute atomic E-state index is 0.0265. The van der Waals surface area contributed by atoms with Crippen molar-refractivity contribution in [1.82, 2.24) is 14.7 Å². The van der Waals surface area contributed by atoms with Crippen LogP contribution in [0.4, 0.5) is 5.82 Å². The molecule has 2 heterocycles. The number of anilines is 1. The monoisotopic (exact) mass is 252 g/mol. The van der Waals surface area contributed by atoms with Crippen molar-refractivity contribution in [1.29, 1.82) is 0 Å². The van der Waals surface area contributed by atoms with Gasteiger partial charge in [0.05, 0.1) is 12.8 Å². The summed E-state index contributed by atoms with van der Waals surface area (Å²) in [6.45, 7) is 2.22. The molecule has 0 bridgehead atoms. The predicted octanol–water partition coefficient (Wildman–Crippen LogP) is 0.501. The van der Waals surface area contributed by atoms with Crippen molar-refractivity contribution < 1.29 is 9.53 Å². The zero-order chi connectivity index (χ0) is 13.1. The third kappa shape index (κ3) is 2.48. The zero-order valence-corrected chi connectivity index (χ0v) is 10.9. The van der Waals surface area contributed by atoms with Crippen molar-refractivity contribution in [3.63, 3.8) is 0 Å². The Morgan fingerprint density at radius 2 is 2.44 bits per heavy atom. The summed E-state index contributed by atoms with van der Waals surface area (Å²) < 4.78 is 6.68. The third-order valence-corrected chi connectivity index (χ3v) is 3.42. The molecule has 1 aliphatic heterocycles. The molecule has 6 heteroatoms. The molecule has 1 atom stereocenters. The van der Waals surface area contributed by atoms with E-state index < -0.39 is 0 Å². The molecule has 1 aromatic rings. The number of ether oxygens (including phenoxy) is 1. The summed E-state index contributed by atoms with van der Waals surface area (Å²) in [7, 11) is 3.43. The molecule has 1 saturated heterocycles. The lowest BCUT2D eigenvalue weighted by atomic mass is 9.98. The quantitative estimate of drug-likeness (QED) is 0.850. The number of rotatable bonds is 3. The molecule has 1 fully saturated rings. The molecular formula is C12H20N4O2. The number of piperidine rings is 1. The molecule has 2 rings (SSSR count). The Kier molecular flexibility index (Phi) is 3.86. The molecule has 0 aromatic carbocycles. The highest BCUT2D eigenvalue weighted by atomic mass is 16.5. The van der Waals surface area contributed by atoms with E-state index in [1.807, 2.05) is 4.90 Å². The maximum absolute atomic E-state index is 12.3. The number of aromatic nitrogens is 2. The van der Waals surface area contributed by atoms with Crippen molar-refractivity contribution in [3.05, 3.63) is 11.8 Å². The van der Waals surface area contributed by atoms with Gasteiger partial charge in [-0.15, -0.1) is 0 Å². The molecule has 0 saturated carbocycles. The van der Waals surface area contributed by atoms with Crippen LogP contribution in [0.1, 0.15) is 23.2 Å². The first-order valence-corrected chi connectivity index (χ1v) is 6.19. The third-order valence-electron chi connectivity index (χ3n) is 3.42. The molecule has 1 unspecified atom stereocenters. The van der Waals surface area contributed by atoms with E-state index in [1.54, 1.807) is 14.2 Å². The van der Waals surface area contributed by atoms with Gasteiger partial charge in [0.25, 0.3) is 5.91 Å². The molecule has 1 aromatic heterocycles. The minimum atomic E-state index is -0.0265. The van der Waals surface area contributed by atoms with Crippen molar-refractivity contribution in [2.75, 3.05) is 32.5 Å². The first kappa shape index (κ1) is 12.9. The summed E-state index contributed by atoms with van der Waals surface area (Å²) >= 11 is 0. The molecule has 0 spiro atoms. The second-order valence-electron chi connectivity index (χ2n) is 4.78. The highest BCUT2D eigenvalue weighted by Gasteiger charge is 2.26. The maximum atomic E-state index is 12.3. The van der Waals surface area contributed by atoms with Crippen LogP contribution >= 0.6 is 0 Å². The summed E-state index contributed by atoms with van der Waals surface area (Å²) in [5, 5.41) is 4.01. The van der Waals surface area contributed by atoms with Gasteiger partial charge in [-0.25, -0.2) is 0 Å². The summed E-state index contributed by atoms with van der Waals surface area (Å²) in [6.07, 6.45) is 3.66. The highest BCUT2D eigenvalue weighted by Crippen LogP contribution is 2.20. The number of carbonyl (C=O) groups is 1. The van der Waals surface area contributed by atoms with Gasteiger partial charge in [0, 0.05) is 27.2 Å². The first-order chi connectivity index (χ1) is 8.63. The molecule has 100 valence electrons. The smallest absolute Gasteiger partial charge is 0.259 e. The Morgan fingerprint density at radius 3 is 3.06 bits per heavy atom. The average Bonchev–Trinajstić information content (AvgIpc) is 2.70. The van der Waals surface area contributed by atoms with Gasteiger partial charge < -0.3 is 15.4 Å². The number of nitrogens with zero attached hydrogens (tertiary/aromatic N) is 3. The van der Waals surface area contributed by atoms with Gasteiger partial charge in [-0.1, -0.05) is 0 Å². The SMILES string of the molecule is COCC1CCCN(C(=O)c2cnn(C)c2N)C1. The molecule has 1 aliphatic rings. The number of methoxy groups -OCH3 is 1. The van der Waals surface area contributed by atoms with E-state index >= 15 is 0 Å². The van der Waals surface area contributed by atoms with Crippen LogP contribution in [0.25, 0.3) is 0 Å². The molecule has 18 heavy (non-hydrogen) atoms. The Labute approximate surface area is 107 Å². The maximum Gasteiger partial charge on any atom is 0.259 e. The molecule has 2 N–H and O–H groups in total. The second kappa shape index (κ2) is 5.39. The van der Waals surface area contributed by atoms with Crippen LogP contribution in [0, 0.1) is 5.92 Å². The molecule has 1 amide bonds. The van der Waals surface area contributed by atoms with Crippen LogP contribution < -0.4 is 5.73 Å². The number of carbonyl (C=O) groups excluding carboxylic acids is 1. The number of amides is 1. The largest absolute Gasteiger partial charge is 0.384 e. The number of nitrogen functional groups attached to an aromatic ring is 1. The van der Waals surface area contributed by atoms with Crippen LogP contribution in [-0.2, 0) is 11.8 Å². The lowest BCUT2D eigenvalue weighted by Crippen LogP contribution is -2.41. The highest BCUT2D eigenvalue weighted by molar-refractivity contribution is 5.98. The summed E-state index contributed by atoms with van der Waals surface area (Å²) in [4.78, 5) is 14.2. The van der Waals surface area contributed by atoms with Gasteiger partial charge in [-0.3, -0.25) is 9.48 Å². The lowest BCUT2D eigenvalue weighted by molar-refractivity contribution is 0.0572. The minimum Gasteiger partial charge on any atom is -0.384 e. The van der Waals surface area contributed by atoms with Crippen molar-refractivity contribution in [3.8, 4) is 0 Å². The van der Waals surface area contributed by atoms with E-state index in [0.29, 0.717) is 23.9 Å². The van der Waals surface area contributed by atoms with Crippen molar-refractivity contribution in [2.45, 2.75) is 12.8 Å². The van der Waals surface area contributed by atoms with Crippen LogP contribution in [0.15, 0.2) is 6.20 Å². The van der Waals surface area contributed by atoms with E-state index in [2.05, 4.69) is 5.10 Å². The standard InChI is InChI=1S/C12H20N4O2/c1-15-11(13)10(6-14-15)12(17)16-5-3-4-9(7-16)8-18-2/h6,9H,3-5,7-8,13H2,1-2H3. The van der Waals surface area contributed by atoms with Crippen molar-refractivity contribution in [2.24, 2.45) is 13.0 Å². The topological polar surface area (TPSA) is 73.4 Å². The average molecular weight is 252 g/mol. The van der Waals surface area contributed by atoms with Crippen molar-refractivity contribution >= 4 is 11.7 Å². The van der Waals surface area contributed by atoms with Crippen LogP contribution in [0.3, 0.4) is 0 Å². The fourth-order valence-corrected chi connectivity index (χ4v) is 2.40. The second-order valence-corrected chi connectivity index (χ2v) is 4.78. The Balaban J connectivity index is 2.07. The van der Waals surface area contributed by atoms with Gasteiger partial charge in [0.1, 0.15) is 11.4 Å².